The van der Waals surface area contributed by atoms with E-state index in [1.807, 2.05) is 30.5 Å². The third-order valence-corrected chi connectivity index (χ3v) is 6.30. The minimum Gasteiger partial charge on any atom is -0.342 e. The van der Waals surface area contributed by atoms with E-state index in [0.717, 1.165) is 30.8 Å². The average Bonchev–Trinajstić information content (AvgIpc) is 2.98. The summed E-state index contributed by atoms with van der Waals surface area (Å²) in [6, 6.07) is 8.36. The molecule has 1 amide bonds. The van der Waals surface area contributed by atoms with Crippen LogP contribution in [0.5, 0.6) is 0 Å². The molecule has 0 bridgehead atoms. The Morgan fingerprint density at radius 3 is 2.52 bits per heavy atom. The molecular weight excluding hydrogens is 384 g/mol. The number of hydrogen-bond acceptors (Lipinski definition) is 4. The van der Waals surface area contributed by atoms with Gasteiger partial charge in [0.2, 0.25) is 5.91 Å². The molecule has 3 rings (SSSR count). The van der Waals surface area contributed by atoms with Crippen molar-refractivity contribution in [2.45, 2.75) is 69.1 Å². The highest BCUT2D eigenvalue weighted by atomic mass is 32.2. The van der Waals surface area contributed by atoms with Gasteiger partial charge in [0.25, 0.3) is 0 Å². The van der Waals surface area contributed by atoms with Gasteiger partial charge in [-0.1, -0.05) is 26.0 Å². The van der Waals surface area contributed by atoms with Crippen LogP contribution < -0.4 is 5.69 Å². The van der Waals surface area contributed by atoms with Crippen LogP contribution in [0.25, 0.3) is 0 Å². The topological polar surface area (TPSA) is 60.1 Å². The second kappa shape index (κ2) is 9.20. The van der Waals surface area contributed by atoms with E-state index in [2.05, 4.69) is 43.2 Å². The Bertz CT molecular complexity index is 899. The van der Waals surface area contributed by atoms with Crippen molar-refractivity contribution >= 4 is 17.7 Å². The van der Waals surface area contributed by atoms with Crippen molar-refractivity contribution in [2.75, 3.05) is 13.1 Å². The molecule has 1 aliphatic rings. The molecule has 0 radical (unpaired) electrons. The number of carbonyl (C=O) groups is 1. The smallest absolute Gasteiger partial charge is 0.342 e. The normalized spacial score (nSPS) is 17.3. The summed E-state index contributed by atoms with van der Waals surface area (Å²) >= 11 is 1.83. The van der Waals surface area contributed by atoms with Gasteiger partial charge in [0.05, 0.1) is 6.42 Å². The maximum atomic E-state index is 12.9. The van der Waals surface area contributed by atoms with Gasteiger partial charge < -0.3 is 4.90 Å². The Morgan fingerprint density at radius 1 is 1.21 bits per heavy atom. The molecule has 1 aromatic carbocycles. The highest BCUT2D eigenvalue weighted by molar-refractivity contribution is 7.99. The van der Waals surface area contributed by atoms with Crippen LogP contribution in [0.2, 0.25) is 0 Å². The van der Waals surface area contributed by atoms with Crippen molar-refractivity contribution < 1.29 is 4.79 Å². The maximum absolute atomic E-state index is 12.9. The Kier molecular flexibility index (Phi) is 6.88. The lowest BCUT2D eigenvalue weighted by molar-refractivity contribution is -0.131. The van der Waals surface area contributed by atoms with E-state index >= 15 is 0 Å². The fourth-order valence-electron chi connectivity index (χ4n) is 3.92. The quantitative estimate of drug-likeness (QED) is 0.675. The van der Waals surface area contributed by atoms with Gasteiger partial charge in [0.1, 0.15) is 5.82 Å². The van der Waals surface area contributed by atoms with Crippen LogP contribution in [0.3, 0.4) is 0 Å². The average molecular weight is 417 g/mol. The molecule has 158 valence electrons. The summed E-state index contributed by atoms with van der Waals surface area (Å²) in [6.07, 6.45) is 2.30. The summed E-state index contributed by atoms with van der Waals surface area (Å²) in [5.41, 5.74) is 0.958. The Labute approximate surface area is 177 Å². The molecule has 1 fully saturated rings. The maximum Gasteiger partial charge on any atom is 0.345 e. The molecule has 0 aliphatic carbocycles. The molecule has 0 saturated carbocycles. The molecular formula is C22H32N4O2S. The SMILES string of the molecule is CC(C)Sc1ccc(CC(=O)N2CCCC(c3nn(C)c(=O)n3C(C)C)C2)cc1. The minimum absolute atomic E-state index is 0.0551. The molecule has 0 N–H and O–H groups in total. The summed E-state index contributed by atoms with van der Waals surface area (Å²) < 4.78 is 3.18. The number of aryl methyl sites for hydroxylation is 1. The summed E-state index contributed by atoms with van der Waals surface area (Å²) in [4.78, 5) is 28.5. The van der Waals surface area contributed by atoms with Gasteiger partial charge in [-0.2, -0.15) is 5.10 Å². The number of carbonyl (C=O) groups excluding carboxylic acids is 1. The fourth-order valence-corrected chi connectivity index (χ4v) is 4.76. The second-order valence-corrected chi connectivity index (χ2v) is 10.0. The summed E-state index contributed by atoms with van der Waals surface area (Å²) in [7, 11) is 1.69. The van der Waals surface area contributed by atoms with Gasteiger partial charge in [-0.25, -0.2) is 9.48 Å². The summed E-state index contributed by atoms with van der Waals surface area (Å²) in [5.74, 6) is 1.06. The largest absolute Gasteiger partial charge is 0.345 e. The van der Waals surface area contributed by atoms with Crippen LogP contribution >= 0.6 is 11.8 Å². The van der Waals surface area contributed by atoms with Gasteiger partial charge >= 0.3 is 5.69 Å². The monoisotopic (exact) mass is 416 g/mol. The van der Waals surface area contributed by atoms with Crippen LogP contribution in [0.4, 0.5) is 0 Å². The first-order chi connectivity index (χ1) is 13.8. The number of nitrogens with zero attached hydrogens (tertiary/aromatic N) is 4. The molecule has 1 saturated heterocycles. The van der Waals surface area contributed by atoms with Crippen LogP contribution in [-0.2, 0) is 18.3 Å². The molecule has 2 heterocycles. The van der Waals surface area contributed by atoms with Crippen molar-refractivity contribution in [3.63, 3.8) is 0 Å². The molecule has 1 aliphatic heterocycles. The van der Waals surface area contributed by atoms with Gasteiger partial charge in [0.15, 0.2) is 0 Å². The third kappa shape index (κ3) is 5.13. The predicted octanol–water partition coefficient (Wildman–Crippen LogP) is 3.61. The van der Waals surface area contributed by atoms with Crippen LogP contribution in [0.15, 0.2) is 34.0 Å². The highest BCUT2D eigenvalue weighted by Gasteiger charge is 2.29. The lowest BCUT2D eigenvalue weighted by Gasteiger charge is -2.32. The van der Waals surface area contributed by atoms with Crippen molar-refractivity contribution in [1.82, 2.24) is 19.2 Å². The number of amides is 1. The molecule has 29 heavy (non-hydrogen) atoms. The van der Waals surface area contributed by atoms with E-state index in [-0.39, 0.29) is 23.6 Å². The molecule has 0 spiro atoms. The minimum atomic E-state index is -0.0854. The first kappa shape index (κ1) is 21.7. The number of rotatable bonds is 6. The predicted molar refractivity (Wildman–Crippen MR) is 118 cm³/mol. The van der Waals surface area contributed by atoms with E-state index in [1.165, 1.54) is 9.58 Å². The molecule has 1 atom stereocenters. The number of likely N-dealkylation sites (tertiary alicyclic amines) is 1. The lowest BCUT2D eigenvalue weighted by Crippen LogP contribution is -2.41. The van der Waals surface area contributed by atoms with Crippen molar-refractivity contribution in [3.8, 4) is 0 Å². The number of hydrogen-bond donors (Lipinski definition) is 0. The van der Waals surface area contributed by atoms with Crippen LogP contribution in [0, 0.1) is 0 Å². The van der Waals surface area contributed by atoms with Gasteiger partial charge in [-0.3, -0.25) is 9.36 Å². The Balaban J connectivity index is 1.69. The molecule has 6 nitrogen and oxygen atoms in total. The number of thioether (sulfide) groups is 1. The number of aromatic nitrogens is 3. The number of piperidine rings is 1. The van der Waals surface area contributed by atoms with Crippen molar-refractivity contribution in [2.24, 2.45) is 7.05 Å². The summed E-state index contributed by atoms with van der Waals surface area (Å²) in [5, 5.41) is 5.04. The second-order valence-electron chi connectivity index (χ2n) is 8.39. The number of benzene rings is 1. The van der Waals surface area contributed by atoms with E-state index in [9.17, 15) is 9.59 Å². The third-order valence-electron chi connectivity index (χ3n) is 5.29. The molecule has 1 unspecified atom stereocenters. The van der Waals surface area contributed by atoms with Gasteiger partial charge in [-0.15, -0.1) is 11.8 Å². The van der Waals surface area contributed by atoms with Crippen molar-refractivity contribution in [1.29, 1.82) is 0 Å². The zero-order valence-corrected chi connectivity index (χ0v) is 18.9. The van der Waals surface area contributed by atoms with Gasteiger partial charge in [-0.05, 0) is 44.4 Å². The fraction of sp³-hybridized carbons (Fsp3) is 0.591. The lowest BCUT2D eigenvalue weighted by atomic mass is 9.96. The summed E-state index contributed by atoms with van der Waals surface area (Å²) in [6.45, 7) is 9.75. The Hall–Kier alpha value is -2.02. The highest BCUT2D eigenvalue weighted by Crippen LogP contribution is 2.27. The van der Waals surface area contributed by atoms with Crippen LogP contribution in [0.1, 0.15) is 63.9 Å². The zero-order valence-electron chi connectivity index (χ0n) is 18.1. The molecule has 2 aromatic rings. The first-order valence-corrected chi connectivity index (χ1v) is 11.3. The standard InChI is InChI=1S/C22H32N4O2S/c1-15(2)26-21(23-24(5)22(26)28)18-7-6-12-25(14-18)20(27)13-17-8-10-19(11-9-17)29-16(3)4/h8-11,15-16,18H,6-7,12-14H2,1-5H3. The van der Waals surface area contributed by atoms with Crippen LogP contribution in [-0.4, -0.2) is 43.5 Å². The molecule has 7 heteroatoms. The van der Waals surface area contributed by atoms with Crippen molar-refractivity contribution in [3.05, 3.63) is 46.1 Å². The molecule has 1 aromatic heterocycles. The van der Waals surface area contributed by atoms with E-state index in [1.54, 1.807) is 11.6 Å². The van der Waals surface area contributed by atoms with E-state index in [0.29, 0.717) is 18.2 Å². The Morgan fingerprint density at radius 2 is 1.90 bits per heavy atom. The van der Waals surface area contributed by atoms with E-state index < -0.39 is 0 Å². The first-order valence-electron chi connectivity index (χ1n) is 10.4. The zero-order chi connectivity index (χ0) is 21.1. The van der Waals surface area contributed by atoms with Gasteiger partial charge in [0, 0.05) is 42.2 Å². The van der Waals surface area contributed by atoms with E-state index in [4.69, 9.17) is 0 Å².